The van der Waals surface area contributed by atoms with Crippen LogP contribution in [0.3, 0.4) is 0 Å². The maximum atomic E-state index is 12.6. The summed E-state index contributed by atoms with van der Waals surface area (Å²) in [7, 11) is 1.82. The fraction of sp³-hybridized carbons (Fsp3) is 0.464. The molecule has 2 aliphatic heterocycles. The molecule has 0 bridgehead atoms. The number of amides is 1. The minimum absolute atomic E-state index is 0.0425. The number of likely N-dealkylation sites (tertiary alicyclic amines) is 1. The number of carbonyl (C=O) groups excluding carboxylic acids is 1. The molecule has 7 nitrogen and oxygen atoms in total. The Balaban J connectivity index is 0.00000164. The van der Waals surface area contributed by atoms with Crippen molar-refractivity contribution in [2.24, 2.45) is 7.05 Å². The van der Waals surface area contributed by atoms with Gasteiger partial charge in [0, 0.05) is 23.9 Å². The largest absolute Gasteiger partial charge is 0.401 e. The van der Waals surface area contributed by atoms with Gasteiger partial charge in [0.05, 0.1) is 12.6 Å². The van der Waals surface area contributed by atoms with Crippen molar-refractivity contribution in [2.75, 3.05) is 25.0 Å². The molecular formula is C28H35F3N6O. The first-order chi connectivity index (χ1) is 18.1. The zero-order valence-corrected chi connectivity index (χ0v) is 22.5. The second-order valence-corrected chi connectivity index (χ2v) is 9.74. The quantitative estimate of drug-likeness (QED) is 0.418. The third kappa shape index (κ3) is 6.01. The van der Waals surface area contributed by atoms with E-state index >= 15 is 0 Å². The molecule has 204 valence electrons. The SMILES string of the molecule is CC.Cc1cc2c(cc1Nc1nc(-c3ccc(C4CCN(CC(F)(F)F)CC4)cc3)nn1C)C(C)NC2=O. The van der Waals surface area contributed by atoms with Crippen molar-refractivity contribution in [1.29, 1.82) is 0 Å². The monoisotopic (exact) mass is 528 g/mol. The number of hydrogen-bond donors (Lipinski definition) is 2. The number of aryl methyl sites for hydroxylation is 2. The maximum Gasteiger partial charge on any atom is 0.401 e. The van der Waals surface area contributed by atoms with Crippen LogP contribution < -0.4 is 10.6 Å². The van der Waals surface area contributed by atoms with Crippen molar-refractivity contribution >= 4 is 17.5 Å². The van der Waals surface area contributed by atoms with E-state index in [-0.39, 0.29) is 17.9 Å². The Morgan fingerprint density at radius 2 is 1.76 bits per heavy atom. The number of hydrogen-bond acceptors (Lipinski definition) is 5. The molecule has 5 rings (SSSR count). The molecule has 3 aromatic rings. The van der Waals surface area contributed by atoms with Crippen molar-refractivity contribution in [3.05, 3.63) is 58.7 Å². The molecule has 10 heteroatoms. The highest BCUT2D eigenvalue weighted by Gasteiger charge is 2.33. The molecule has 1 amide bonds. The molecular weight excluding hydrogens is 493 g/mol. The molecule has 1 fully saturated rings. The summed E-state index contributed by atoms with van der Waals surface area (Å²) in [5, 5.41) is 10.8. The molecule has 0 saturated carbocycles. The van der Waals surface area contributed by atoms with Crippen LogP contribution in [0.2, 0.25) is 0 Å². The molecule has 0 spiro atoms. The number of fused-ring (bicyclic) bond motifs is 1. The van der Waals surface area contributed by atoms with Gasteiger partial charge in [-0.15, -0.1) is 5.10 Å². The summed E-state index contributed by atoms with van der Waals surface area (Å²) in [5.74, 6) is 1.36. The second kappa shape index (κ2) is 11.1. The number of halogens is 3. The van der Waals surface area contributed by atoms with Crippen LogP contribution in [0, 0.1) is 6.92 Å². The van der Waals surface area contributed by atoms with Crippen LogP contribution in [-0.4, -0.2) is 51.4 Å². The number of anilines is 2. The topological polar surface area (TPSA) is 75.1 Å². The number of carbonyl (C=O) groups is 1. The van der Waals surface area contributed by atoms with Crippen LogP contribution in [0.1, 0.15) is 72.6 Å². The van der Waals surface area contributed by atoms with Crippen molar-refractivity contribution < 1.29 is 18.0 Å². The van der Waals surface area contributed by atoms with E-state index in [1.807, 2.05) is 71.1 Å². The van der Waals surface area contributed by atoms with Crippen LogP contribution in [0.4, 0.5) is 24.8 Å². The van der Waals surface area contributed by atoms with Crippen molar-refractivity contribution in [2.45, 2.75) is 58.7 Å². The number of alkyl halides is 3. The third-order valence-corrected chi connectivity index (χ3v) is 7.10. The number of nitrogens with zero attached hydrogens (tertiary/aromatic N) is 4. The summed E-state index contributed by atoms with van der Waals surface area (Å²) >= 11 is 0. The molecule has 1 atom stereocenters. The van der Waals surface area contributed by atoms with Crippen molar-refractivity contribution in [1.82, 2.24) is 25.0 Å². The first-order valence-electron chi connectivity index (χ1n) is 13.1. The van der Waals surface area contributed by atoms with Gasteiger partial charge >= 0.3 is 6.18 Å². The molecule has 3 heterocycles. The molecule has 2 aromatic carbocycles. The Hall–Kier alpha value is -3.40. The predicted molar refractivity (Wildman–Crippen MR) is 143 cm³/mol. The van der Waals surface area contributed by atoms with Gasteiger partial charge in [0.15, 0.2) is 5.82 Å². The van der Waals surface area contributed by atoms with Crippen molar-refractivity contribution in [3.8, 4) is 11.4 Å². The zero-order valence-electron chi connectivity index (χ0n) is 22.5. The lowest BCUT2D eigenvalue weighted by atomic mass is 9.89. The van der Waals surface area contributed by atoms with Gasteiger partial charge in [0.1, 0.15) is 0 Å². The number of nitrogens with one attached hydrogen (secondary N) is 2. The summed E-state index contributed by atoms with van der Waals surface area (Å²) in [6, 6.07) is 11.8. The molecule has 2 N–H and O–H groups in total. The highest BCUT2D eigenvalue weighted by atomic mass is 19.4. The number of piperidine rings is 1. The van der Waals surface area contributed by atoms with Gasteiger partial charge in [-0.05, 0) is 74.5 Å². The Morgan fingerprint density at radius 1 is 1.11 bits per heavy atom. The molecule has 38 heavy (non-hydrogen) atoms. The second-order valence-electron chi connectivity index (χ2n) is 9.74. The van der Waals surface area contributed by atoms with Crippen LogP contribution in [0.25, 0.3) is 11.4 Å². The fourth-order valence-electron chi connectivity index (χ4n) is 5.08. The smallest absolute Gasteiger partial charge is 0.345 e. The lowest BCUT2D eigenvalue weighted by Gasteiger charge is -2.32. The number of benzene rings is 2. The van der Waals surface area contributed by atoms with E-state index in [4.69, 9.17) is 0 Å². The Morgan fingerprint density at radius 3 is 2.39 bits per heavy atom. The highest BCUT2D eigenvalue weighted by molar-refractivity contribution is 6.00. The first-order valence-corrected chi connectivity index (χ1v) is 13.1. The van der Waals surface area contributed by atoms with Gasteiger partial charge in [-0.3, -0.25) is 9.69 Å². The normalized spacial score (nSPS) is 18.0. The summed E-state index contributed by atoms with van der Waals surface area (Å²) < 4.78 is 39.6. The van der Waals surface area contributed by atoms with Gasteiger partial charge in [0.25, 0.3) is 5.91 Å². The van der Waals surface area contributed by atoms with E-state index in [0.717, 1.165) is 27.9 Å². The summed E-state index contributed by atoms with van der Waals surface area (Å²) in [6.45, 7) is 7.97. The van der Waals surface area contributed by atoms with Gasteiger partial charge in [-0.2, -0.15) is 18.2 Å². The summed E-state index contributed by atoms with van der Waals surface area (Å²) in [4.78, 5) is 18.3. The van der Waals surface area contributed by atoms with Gasteiger partial charge in [0.2, 0.25) is 5.95 Å². The molecule has 1 saturated heterocycles. The highest BCUT2D eigenvalue weighted by Crippen LogP contribution is 2.33. The minimum atomic E-state index is -4.15. The average Bonchev–Trinajstić information content (AvgIpc) is 3.38. The van der Waals surface area contributed by atoms with Crippen LogP contribution in [0.5, 0.6) is 0 Å². The van der Waals surface area contributed by atoms with Gasteiger partial charge < -0.3 is 10.6 Å². The van der Waals surface area contributed by atoms with Crippen LogP contribution >= 0.6 is 0 Å². The molecule has 2 aliphatic rings. The Kier molecular flexibility index (Phi) is 8.10. The predicted octanol–water partition coefficient (Wildman–Crippen LogP) is 6.11. The van der Waals surface area contributed by atoms with Crippen LogP contribution in [0.15, 0.2) is 36.4 Å². The standard InChI is InChI=1S/C26H29F3N6O.C2H6/c1-15-12-21-20(16(2)30-24(21)36)13-22(15)31-25-32-23(33-34(25)3)19-6-4-17(5-7-19)18-8-10-35(11-9-18)14-26(27,28)29;1-2/h4-7,12-13,16,18H,8-11,14H2,1-3H3,(H,30,36)(H,31,32,33);1-2H3. The summed E-state index contributed by atoms with van der Waals surface area (Å²) in [6.07, 6.45) is -2.72. The van der Waals surface area contributed by atoms with Crippen LogP contribution in [-0.2, 0) is 7.05 Å². The van der Waals surface area contributed by atoms with E-state index < -0.39 is 12.7 Å². The number of rotatable bonds is 5. The zero-order chi connectivity index (χ0) is 27.6. The van der Waals surface area contributed by atoms with Gasteiger partial charge in [-0.1, -0.05) is 38.1 Å². The average molecular weight is 529 g/mol. The summed E-state index contributed by atoms with van der Waals surface area (Å²) in [5.41, 5.74) is 5.46. The van der Waals surface area contributed by atoms with E-state index in [1.165, 1.54) is 4.90 Å². The molecule has 0 radical (unpaired) electrons. The third-order valence-electron chi connectivity index (χ3n) is 7.10. The molecule has 0 aliphatic carbocycles. The molecule has 1 unspecified atom stereocenters. The lowest BCUT2D eigenvalue weighted by molar-refractivity contribution is -0.147. The van der Waals surface area contributed by atoms with Crippen molar-refractivity contribution in [3.63, 3.8) is 0 Å². The number of aromatic nitrogens is 3. The van der Waals surface area contributed by atoms with E-state index in [1.54, 1.807) is 4.68 Å². The first kappa shape index (κ1) is 27.6. The fourth-order valence-corrected chi connectivity index (χ4v) is 5.08. The van der Waals surface area contributed by atoms with Gasteiger partial charge in [-0.25, -0.2) is 4.68 Å². The minimum Gasteiger partial charge on any atom is -0.345 e. The Labute approximate surface area is 221 Å². The van der Waals surface area contributed by atoms with E-state index in [9.17, 15) is 18.0 Å². The lowest BCUT2D eigenvalue weighted by Crippen LogP contribution is -2.39. The van der Waals surface area contributed by atoms with E-state index in [2.05, 4.69) is 20.7 Å². The van der Waals surface area contributed by atoms with E-state index in [0.29, 0.717) is 43.3 Å². The molecule has 1 aromatic heterocycles. The Bertz CT molecular complexity index is 1280. The maximum absolute atomic E-state index is 12.6.